The molecule has 0 bridgehead atoms. The van der Waals surface area contributed by atoms with Crippen molar-refractivity contribution in [3.8, 4) is 0 Å². The molecule has 0 aliphatic carbocycles. The summed E-state index contributed by atoms with van der Waals surface area (Å²) in [6, 6.07) is 4.10. The SMILES string of the molecule is COCCC1(C(=O)O)CCCN(C(=O)CCCc2cccs2)C1. The Kier molecular flexibility index (Phi) is 6.59. The number of carboxylic acid groups (broad SMARTS) is 1. The second-order valence-corrected chi connectivity index (χ2v) is 7.21. The Bertz CT molecular complexity index is 517. The third-order valence-corrected chi connectivity index (χ3v) is 5.50. The molecule has 23 heavy (non-hydrogen) atoms. The summed E-state index contributed by atoms with van der Waals surface area (Å²) in [6.07, 6.45) is 4.02. The number of likely N-dealkylation sites (tertiary alicyclic amines) is 1. The number of carbonyl (C=O) groups excluding carboxylic acids is 1. The van der Waals surface area contributed by atoms with Crippen LogP contribution in [0.25, 0.3) is 0 Å². The highest BCUT2D eigenvalue weighted by molar-refractivity contribution is 7.09. The normalized spacial score (nSPS) is 21.3. The quantitative estimate of drug-likeness (QED) is 0.791. The van der Waals surface area contributed by atoms with E-state index < -0.39 is 11.4 Å². The van der Waals surface area contributed by atoms with E-state index in [-0.39, 0.29) is 5.91 Å². The highest BCUT2D eigenvalue weighted by Crippen LogP contribution is 2.34. The summed E-state index contributed by atoms with van der Waals surface area (Å²) in [5.74, 6) is -0.741. The molecule has 1 aliphatic heterocycles. The number of rotatable bonds is 8. The predicted octanol–water partition coefficient (Wildman–Crippen LogP) is 2.80. The van der Waals surface area contributed by atoms with E-state index in [2.05, 4.69) is 6.07 Å². The van der Waals surface area contributed by atoms with Crippen molar-refractivity contribution in [1.82, 2.24) is 4.90 Å². The van der Waals surface area contributed by atoms with Gasteiger partial charge in [0.1, 0.15) is 0 Å². The third kappa shape index (κ3) is 4.78. The number of aliphatic carboxylic acids is 1. The molecule has 1 aliphatic rings. The Hall–Kier alpha value is -1.40. The molecule has 1 amide bonds. The highest BCUT2D eigenvalue weighted by Gasteiger charge is 2.43. The second kappa shape index (κ2) is 8.45. The van der Waals surface area contributed by atoms with Gasteiger partial charge in [0.2, 0.25) is 5.91 Å². The lowest BCUT2D eigenvalue weighted by Gasteiger charge is -2.40. The van der Waals surface area contributed by atoms with Gasteiger partial charge in [-0.3, -0.25) is 9.59 Å². The number of nitrogens with zero attached hydrogens (tertiary/aromatic N) is 1. The van der Waals surface area contributed by atoms with Gasteiger partial charge in [0.15, 0.2) is 0 Å². The maximum atomic E-state index is 12.4. The number of amides is 1. The average Bonchev–Trinajstić information content (AvgIpc) is 3.06. The van der Waals surface area contributed by atoms with Gasteiger partial charge in [-0.15, -0.1) is 11.3 Å². The Morgan fingerprint density at radius 3 is 2.96 bits per heavy atom. The van der Waals surface area contributed by atoms with Crippen molar-refractivity contribution in [3.05, 3.63) is 22.4 Å². The number of hydrogen-bond acceptors (Lipinski definition) is 4. The molecule has 0 aromatic carbocycles. The van der Waals surface area contributed by atoms with Crippen LogP contribution in [-0.4, -0.2) is 48.7 Å². The van der Waals surface area contributed by atoms with Crippen molar-refractivity contribution < 1.29 is 19.4 Å². The molecular weight excluding hydrogens is 314 g/mol. The first-order valence-corrected chi connectivity index (χ1v) is 8.98. The lowest BCUT2D eigenvalue weighted by Crippen LogP contribution is -2.50. The molecule has 1 aromatic rings. The fraction of sp³-hybridized carbons (Fsp3) is 0.647. The molecular formula is C17H25NO4S. The number of carbonyl (C=O) groups is 2. The third-order valence-electron chi connectivity index (χ3n) is 4.56. The minimum Gasteiger partial charge on any atom is -0.481 e. The Labute approximate surface area is 141 Å². The second-order valence-electron chi connectivity index (χ2n) is 6.18. The summed E-state index contributed by atoms with van der Waals surface area (Å²) in [5.41, 5.74) is -0.850. The maximum absolute atomic E-state index is 12.4. The van der Waals surface area contributed by atoms with Gasteiger partial charge in [0.05, 0.1) is 5.41 Å². The molecule has 1 fully saturated rings. The molecule has 5 nitrogen and oxygen atoms in total. The van der Waals surface area contributed by atoms with Crippen LogP contribution in [0.2, 0.25) is 0 Å². The van der Waals surface area contributed by atoms with E-state index in [1.54, 1.807) is 23.3 Å². The van der Waals surface area contributed by atoms with Gasteiger partial charge < -0.3 is 14.7 Å². The van der Waals surface area contributed by atoms with Gasteiger partial charge in [-0.2, -0.15) is 0 Å². The molecule has 1 atom stereocenters. The summed E-state index contributed by atoms with van der Waals surface area (Å²) in [6.45, 7) is 1.39. The molecule has 0 radical (unpaired) electrons. The number of methoxy groups -OCH3 is 1. The first-order chi connectivity index (χ1) is 11.1. The molecule has 2 rings (SSSR count). The molecule has 1 unspecified atom stereocenters. The number of thiophene rings is 1. The topological polar surface area (TPSA) is 66.8 Å². The van der Waals surface area contributed by atoms with E-state index in [9.17, 15) is 14.7 Å². The van der Waals surface area contributed by atoms with E-state index in [0.29, 0.717) is 39.0 Å². The van der Waals surface area contributed by atoms with E-state index in [1.807, 2.05) is 11.4 Å². The first kappa shape index (κ1) is 17.9. The minimum atomic E-state index is -0.850. The van der Waals surface area contributed by atoms with Gasteiger partial charge in [-0.25, -0.2) is 0 Å². The van der Waals surface area contributed by atoms with Gasteiger partial charge >= 0.3 is 5.97 Å². The van der Waals surface area contributed by atoms with Crippen molar-refractivity contribution in [1.29, 1.82) is 0 Å². The Morgan fingerprint density at radius 1 is 1.48 bits per heavy atom. The molecule has 0 spiro atoms. The number of piperidine rings is 1. The summed E-state index contributed by atoms with van der Waals surface area (Å²) < 4.78 is 5.06. The van der Waals surface area contributed by atoms with E-state index >= 15 is 0 Å². The van der Waals surface area contributed by atoms with Crippen molar-refractivity contribution >= 4 is 23.2 Å². The van der Waals surface area contributed by atoms with E-state index in [4.69, 9.17) is 4.74 Å². The molecule has 0 saturated carbocycles. The monoisotopic (exact) mass is 339 g/mol. The van der Waals surface area contributed by atoms with Crippen molar-refractivity contribution in [2.24, 2.45) is 5.41 Å². The van der Waals surface area contributed by atoms with Crippen molar-refractivity contribution in [3.63, 3.8) is 0 Å². The number of ether oxygens (including phenoxy) is 1. The van der Waals surface area contributed by atoms with Gasteiger partial charge in [0, 0.05) is 38.1 Å². The zero-order chi connectivity index (χ0) is 16.7. The van der Waals surface area contributed by atoms with Crippen LogP contribution < -0.4 is 0 Å². The lowest BCUT2D eigenvalue weighted by molar-refractivity contribution is -0.156. The summed E-state index contributed by atoms with van der Waals surface area (Å²) in [5, 5.41) is 11.7. The zero-order valence-electron chi connectivity index (χ0n) is 13.6. The average molecular weight is 339 g/mol. The van der Waals surface area contributed by atoms with Crippen molar-refractivity contribution in [2.75, 3.05) is 26.8 Å². The summed E-state index contributed by atoms with van der Waals surface area (Å²) in [7, 11) is 1.58. The van der Waals surface area contributed by atoms with Crippen molar-refractivity contribution in [2.45, 2.75) is 38.5 Å². The van der Waals surface area contributed by atoms with Crippen LogP contribution in [0.1, 0.15) is 37.0 Å². The van der Waals surface area contributed by atoms with Gasteiger partial charge in [0.25, 0.3) is 0 Å². The molecule has 128 valence electrons. The fourth-order valence-corrected chi connectivity index (χ4v) is 3.91. The van der Waals surface area contributed by atoms with Gasteiger partial charge in [-0.05, 0) is 43.6 Å². The van der Waals surface area contributed by atoms with E-state index in [1.165, 1.54) is 4.88 Å². The van der Waals surface area contributed by atoms with Crippen LogP contribution in [-0.2, 0) is 20.7 Å². The van der Waals surface area contributed by atoms with Crippen LogP contribution in [0, 0.1) is 5.41 Å². The van der Waals surface area contributed by atoms with Crippen LogP contribution in [0.4, 0.5) is 0 Å². The highest BCUT2D eigenvalue weighted by atomic mass is 32.1. The van der Waals surface area contributed by atoms with Crippen LogP contribution in [0.5, 0.6) is 0 Å². The minimum absolute atomic E-state index is 0.0734. The summed E-state index contributed by atoms with van der Waals surface area (Å²) in [4.78, 5) is 27.2. The number of aryl methyl sites for hydroxylation is 1. The van der Waals surface area contributed by atoms with E-state index in [0.717, 1.165) is 19.3 Å². The molecule has 6 heteroatoms. The number of hydrogen-bond donors (Lipinski definition) is 1. The predicted molar refractivity (Wildman–Crippen MR) is 89.6 cm³/mol. The first-order valence-electron chi connectivity index (χ1n) is 8.10. The lowest BCUT2D eigenvalue weighted by atomic mass is 9.77. The maximum Gasteiger partial charge on any atom is 0.311 e. The summed E-state index contributed by atoms with van der Waals surface area (Å²) >= 11 is 1.71. The van der Waals surface area contributed by atoms with Crippen LogP contribution in [0.15, 0.2) is 17.5 Å². The largest absolute Gasteiger partial charge is 0.481 e. The molecule has 1 N–H and O–H groups in total. The molecule has 1 aromatic heterocycles. The smallest absolute Gasteiger partial charge is 0.311 e. The standard InChI is InChI=1S/C17H25NO4S/c1-22-11-9-17(16(20)21)8-4-10-18(13-17)15(19)7-2-5-14-6-3-12-23-14/h3,6,12H,2,4-5,7-11,13H2,1H3,(H,20,21). The fourth-order valence-electron chi connectivity index (χ4n) is 3.15. The molecule has 2 heterocycles. The number of carboxylic acids is 1. The van der Waals surface area contributed by atoms with Crippen LogP contribution >= 0.6 is 11.3 Å². The zero-order valence-corrected chi connectivity index (χ0v) is 14.4. The Balaban J connectivity index is 1.88. The van der Waals surface area contributed by atoms with Crippen LogP contribution in [0.3, 0.4) is 0 Å². The Morgan fingerprint density at radius 2 is 2.30 bits per heavy atom. The molecule has 1 saturated heterocycles. The van der Waals surface area contributed by atoms with Gasteiger partial charge in [-0.1, -0.05) is 6.07 Å².